The third-order valence-corrected chi connectivity index (χ3v) is 11.6. The van der Waals surface area contributed by atoms with Gasteiger partial charge in [0.15, 0.2) is 5.82 Å². The lowest BCUT2D eigenvalue weighted by Crippen LogP contribution is -2.62. The van der Waals surface area contributed by atoms with E-state index in [0.29, 0.717) is 42.1 Å². The molecule has 0 saturated carbocycles. The molecular weight excluding hydrogens is 710 g/mol. The van der Waals surface area contributed by atoms with E-state index < -0.39 is 59.7 Å². The molecule has 8 rings (SSSR count). The molecule has 2 N–H and O–H groups in total. The third-order valence-electron chi connectivity index (χ3n) is 11.3. The summed E-state index contributed by atoms with van der Waals surface area (Å²) in [6.45, 7) is 6.11. The van der Waals surface area contributed by atoms with Crippen LogP contribution >= 0.6 is 11.6 Å². The fourth-order valence-electron chi connectivity index (χ4n) is 8.79. The van der Waals surface area contributed by atoms with Crippen LogP contribution in [0.2, 0.25) is 5.15 Å². The molecule has 2 aromatic carbocycles. The second-order valence-electron chi connectivity index (χ2n) is 15.7. The van der Waals surface area contributed by atoms with E-state index in [1.54, 1.807) is 49.9 Å². The van der Waals surface area contributed by atoms with Gasteiger partial charge in [-0.1, -0.05) is 35.9 Å². The van der Waals surface area contributed by atoms with E-state index in [1.807, 2.05) is 12.1 Å². The fourth-order valence-corrected chi connectivity index (χ4v) is 9.05. The van der Waals surface area contributed by atoms with Crippen molar-refractivity contribution in [3.05, 3.63) is 47.4 Å². The number of fused-ring (bicyclic) bond motifs is 5. The first kappa shape index (κ1) is 35.6. The van der Waals surface area contributed by atoms with Gasteiger partial charge in [0.05, 0.1) is 41.1 Å². The molecule has 2 bridgehead atoms. The highest BCUT2D eigenvalue weighted by atomic mass is 35.5. The molecule has 12 nitrogen and oxygen atoms in total. The number of aliphatic hydroxyl groups is 1. The van der Waals surface area contributed by atoms with Crippen molar-refractivity contribution in [3.63, 3.8) is 0 Å². The van der Waals surface area contributed by atoms with E-state index in [9.17, 15) is 24.2 Å². The molecule has 0 aliphatic carbocycles. The van der Waals surface area contributed by atoms with Gasteiger partial charge in [-0.05, 0) is 75.9 Å². The SMILES string of the molecule is CC(C)(C)C(=O)Oc1cc(-c2nc(Cl)c3c(N4C[C@@H]5CC[C@H]([C@H]4CO)N5C(=O)O)nc(OC[C@@]45CCCN4C[C@H](F)C5)nc3c2F)c2ccccc2c1. The standard InChI is InChI=1S/C38H41ClF2N6O6/c1-37(2,3)34(49)53-23-13-20-7-4-5-8-24(20)25(14-23)30-29(41)31-28(32(39)42-30)33(46-17-22-9-10-26(27(46)18-48)47(22)36(50)51)44-35(43-31)52-19-38-11-6-12-45(38)16-21(40)15-38/h4-5,7-8,13-14,21-22,26-27,48H,6,9-12,15-19H2,1-3H3,(H,50,51)/t21-,22+,26-,27-,38+/m1/s1. The van der Waals surface area contributed by atoms with E-state index in [4.69, 9.17) is 26.1 Å². The van der Waals surface area contributed by atoms with E-state index in [2.05, 4.69) is 14.9 Å². The Morgan fingerprint density at radius 1 is 1.11 bits per heavy atom. The number of carbonyl (C=O) groups is 2. The molecule has 280 valence electrons. The summed E-state index contributed by atoms with van der Waals surface area (Å²) >= 11 is 7.00. The molecule has 4 aliphatic rings. The number of piperazine rings is 1. The molecule has 4 aliphatic heterocycles. The lowest BCUT2D eigenvalue weighted by atomic mass is 9.95. The molecule has 1 amide bonds. The number of halogens is 3. The maximum Gasteiger partial charge on any atom is 0.407 e. The minimum Gasteiger partial charge on any atom is -0.465 e. The smallest absolute Gasteiger partial charge is 0.407 e. The van der Waals surface area contributed by atoms with Crippen LogP contribution in [0, 0.1) is 11.2 Å². The number of rotatable bonds is 7. The largest absolute Gasteiger partial charge is 0.465 e. The van der Waals surface area contributed by atoms with Crippen LogP contribution in [0.1, 0.15) is 52.9 Å². The minimum atomic E-state index is -1.08. The average molecular weight is 751 g/mol. The first-order valence-electron chi connectivity index (χ1n) is 18.0. The number of pyridine rings is 1. The van der Waals surface area contributed by atoms with Crippen molar-refractivity contribution in [2.24, 2.45) is 5.41 Å². The summed E-state index contributed by atoms with van der Waals surface area (Å²) in [6.07, 6.45) is 0.973. The van der Waals surface area contributed by atoms with Crippen LogP contribution in [0.25, 0.3) is 32.9 Å². The Balaban J connectivity index is 1.29. The van der Waals surface area contributed by atoms with Crippen molar-refractivity contribution in [2.45, 2.75) is 82.7 Å². The number of ether oxygens (including phenoxy) is 2. The van der Waals surface area contributed by atoms with Gasteiger partial charge < -0.3 is 24.6 Å². The van der Waals surface area contributed by atoms with Crippen molar-refractivity contribution < 1.29 is 38.1 Å². The topological polar surface area (TPSA) is 141 Å². The van der Waals surface area contributed by atoms with Crippen LogP contribution in [-0.4, -0.2) is 110 Å². The summed E-state index contributed by atoms with van der Waals surface area (Å²) in [7, 11) is 0. The monoisotopic (exact) mass is 750 g/mol. The zero-order valence-electron chi connectivity index (χ0n) is 29.7. The highest BCUT2D eigenvalue weighted by Gasteiger charge is 2.51. The second kappa shape index (κ2) is 13.2. The Labute approximate surface area is 309 Å². The summed E-state index contributed by atoms with van der Waals surface area (Å²) in [5.41, 5.74) is -1.37. The molecule has 4 fully saturated rings. The predicted octanol–water partition coefficient (Wildman–Crippen LogP) is 6.24. The van der Waals surface area contributed by atoms with Crippen molar-refractivity contribution in [1.82, 2.24) is 24.8 Å². The van der Waals surface area contributed by atoms with E-state index in [-0.39, 0.29) is 52.5 Å². The van der Waals surface area contributed by atoms with Gasteiger partial charge in [0.2, 0.25) is 0 Å². The van der Waals surface area contributed by atoms with Crippen molar-refractivity contribution in [3.8, 4) is 23.0 Å². The Morgan fingerprint density at radius 2 is 1.91 bits per heavy atom. The number of aliphatic hydroxyl groups excluding tert-OH is 1. The molecule has 0 spiro atoms. The maximum absolute atomic E-state index is 17.3. The maximum atomic E-state index is 17.3. The first-order valence-corrected chi connectivity index (χ1v) is 18.4. The molecule has 15 heteroatoms. The number of benzene rings is 2. The summed E-state index contributed by atoms with van der Waals surface area (Å²) in [4.78, 5) is 44.3. The summed E-state index contributed by atoms with van der Waals surface area (Å²) < 4.78 is 44.0. The highest BCUT2D eigenvalue weighted by molar-refractivity contribution is 6.35. The number of esters is 1. The summed E-state index contributed by atoms with van der Waals surface area (Å²) in [6, 6.07) is 8.65. The minimum absolute atomic E-state index is 0.0758. The number of hydrogen-bond acceptors (Lipinski definition) is 10. The van der Waals surface area contributed by atoms with Crippen LogP contribution in [0.5, 0.6) is 11.8 Å². The van der Waals surface area contributed by atoms with Crippen LogP contribution in [0.3, 0.4) is 0 Å². The number of hydrogen-bond donors (Lipinski definition) is 2. The van der Waals surface area contributed by atoms with Crippen LogP contribution in [0.4, 0.5) is 19.4 Å². The van der Waals surface area contributed by atoms with Gasteiger partial charge in [-0.3, -0.25) is 14.6 Å². The second-order valence-corrected chi connectivity index (χ2v) is 16.1. The molecule has 2 aromatic heterocycles. The summed E-state index contributed by atoms with van der Waals surface area (Å²) in [5.74, 6) is -0.952. The lowest BCUT2D eigenvalue weighted by Gasteiger charge is -2.46. The van der Waals surface area contributed by atoms with E-state index >= 15 is 4.39 Å². The predicted molar refractivity (Wildman–Crippen MR) is 194 cm³/mol. The van der Waals surface area contributed by atoms with Crippen LogP contribution in [-0.2, 0) is 4.79 Å². The van der Waals surface area contributed by atoms with Crippen molar-refractivity contribution in [2.75, 3.05) is 37.7 Å². The Kier molecular flexibility index (Phi) is 8.85. The molecular formula is C38H41ClF2N6O6. The fraction of sp³-hybridized carbons (Fsp3) is 0.500. The molecule has 5 atom stereocenters. The Hall–Kier alpha value is -4.40. The zero-order valence-corrected chi connectivity index (χ0v) is 30.4. The van der Waals surface area contributed by atoms with Gasteiger partial charge in [-0.25, -0.2) is 18.6 Å². The van der Waals surface area contributed by atoms with Gasteiger partial charge in [0.1, 0.15) is 40.7 Å². The van der Waals surface area contributed by atoms with Crippen LogP contribution < -0.4 is 14.4 Å². The normalized spacial score (nSPS) is 25.7. The molecule has 6 heterocycles. The number of carboxylic acid groups (broad SMARTS) is 1. The van der Waals surface area contributed by atoms with Crippen LogP contribution in [0.15, 0.2) is 36.4 Å². The number of amides is 1. The summed E-state index contributed by atoms with van der Waals surface area (Å²) in [5, 5.41) is 21.9. The molecule has 0 radical (unpaired) electrons. The highest BCUT2D eigenvalue weighted by Crippen LogP contribution is 2.44. The van der Waals surface area contributed by atoms with Crippen molar-refractivity contribution in [1.29, 1.82) is 0 Å². The molecule has 53 heavy (non-hydrogen) atoms. The number of nitrogens with zero attached hydrogens (tertiary/aromatic N) is 6. The van der Waals surface area contributed by atoms with E-state index in [1.165, 1.54) is 4.90 Å². The molecule has 4 aromatic rings. The quantitative estimate of drug-likeness (QED) is 0.126. The number of anilines is 1. The Bertz CT molecular complexity index is 2130. The molecule has 4 saturated heterocycles. The van der Waals surface area contributed by atoms with Gasteiger partial charge in [0, 0.05) is 25.1 Å². The first-order chi connectivity index (χ1) is 25.3. The van der Waals surface area contributed by atoms with Gasteiger partial charge >= 0.3 is 18.1 Å². The van der Waals surface area contributed by atoms with Gasteiger partial charge in [0.25, 0.3) is 0 Å². The lowest BCUT2D eigenvalue weighted by molar-refractivity contribution is -0.142. The van der Waals surface area contributed by atoms with Crippen molar-refractivity contribution >= 4 is 51.2 Å². The Morgan fingerprint density at radius 3 is 2.66 bits per heavy atom. The average Bonchev–Trinajstić information content (AvgIpc) is 3.76. The number of carbonyl (C=O) groups excluding carboxylic acids is 1. The van der Waals surface area contributed by atoms with E-state index in [0.717, 1.165) is 19.4 Å². The van der Waals surface area contributed by atoms with Gasteiger partial charge in [-0.15, -0.1) is 0 Å². The number of alkyl halides is 1. The molecule has 0 unspecified atom stereocenters. The number of aromatic nitrogens is 3. The van der Waals surface area contributed by atoms with Gasteiger partial charge in [-0.2, -0.15) is 9.97 Å². The third kappa shape index (κ3) is 6.08. The zero-order chi connectivity index (χ0) is 37.4.